The normalized spacial score (nSPS) is 12.5. The van der Waals surface area contributed by atoms with Crippen molar-refractivity contribution in [2.45, 2.75) is 26.5 Å². The highest BCUT2D eigenvalue weighted by Crippen LogP contribution is 2.25. The number of hydrogen-bond acceptors (Lipinski definition) is 4. The van der Waals surface area contributed by atoms with E-state index in [2.05, 4.69) is 4.98 Å². The van der Waals surface area contributed by atoms with E-state index >= 15 is 0 Å². The Morgan fingerprint density at radius 2 is 2.31 bits per heavy atom. The van der Waals surface area contributed by atoms with Gasteiger partial charge in [0.15, 0.2) is 0 Å². The summed E-state index contributed by atoms with van der Waals surface area (Å²) in [6.45, 7) is 5.40. The minimum absolute atomic E-state index is 0.0852. The molecule has 1 atom stereocenters. The summed E-state index contributed by atoms with van der Waals surface area (Å²) in [5.41, 5.74) is 6.37. The Labute approximate surface area is 101 Å². The molecule has 0 fully saturated rings. The van der Waals surface area contributed by atoms with Crippen molar-refractivity contribution in [3.8, 4) is 5.88 Å². The Morgan fingerprint density at radius 1 is 1.56 bits per heavy atom. The molecule has 4 nitrogen and oxygen atoms in total. The summed E-state index contributed by atoms with van der Waals surface area (Å²) in [7, 11) is 0. The van der Waals surface area contributed by atoms with Gasteiger partial charge >= 0.3 is 0 Å². The largest absolute Gasteiger partial charge is 0.471 e. The minimum Gasteiger partial charge on any atom is -0.471 e. The van der Waals surface area contributed by atoms with Gasteiger partial charge in [-0.2, -0.15) is 0 Å². The van der Waals surface area contributed by atoms with Gasteiger partial charge in [-0.15, -0.1) is 0 Å². The molecule has 1 aromatic heterocycles. The van der Waals surface area contributed by atoms with E-state index in [-0.39, 0.29) is 6.10 Å². The van der Waals surface area contributed by atoms with Gasteiger partial charge in [-0.25, -0.2) is 4.98 Å². The smallest absolute Gasteiger partial charge is 0.233 e. The summed E-state index contributed by atoms with van der Waals surface area (Å²) in [6, 6.07) is 1.78. The highest BCUT2D eigenvalue weighted by Gasteiger charge is 2.11. The fourth-order valence-corrected chi connectivity index (χ4v) is 1.44. The molecule has 0 bridgehead atoms. The summed E-state index contributed by atoms with van der Waals surface area (Å²) in [6.07, 6.45) is 1.55. The first-order valence-corrected chi connectivity index (χ1v) is 5.64. The number of pyridine rings is 1. The fourth-order valence-electron chi connectivity index (χ4n) is 1.21. The maximum atomic E-state index is 6.08. The lowest BCUT2D eigenvalue weighted by Gasteiger charge is -2.15. The van der Waals surface area contributed by atoms with E-state index < -0.39 is 0 Å². The summed E-state index contributed by atoms with van der Waals surface area (Å²) in [4.78, 5) is 4.07. The molecular weight excluding hydrogens is 228 g/mol. The fraction of sp³-hybridized carbons (Fsp3) is 0.545. The van der Waals surface area contributed by atoms with Crippen LogP contribution in [0.2, 0.25) is 5.02 Å². The number of rotatable bonds is 6. The average Bonchev–Trinajstić information content (AvgIpc) is 2.29. The van der Waals surface area contributed by atoms with Crippen molar-refractivity contribution in [2.75, 3.05) is 13.2 Å². The topological polar surface area (TPSA) is 57.4 Å². The molecule has 0 saturated carbocycles. The summed E-state index contributed by atoms with van der Waals surface area (Å²) in [5, 5.41) is 0.480. The third kappa shape index (κ3) is 3.63. The van der Waals surface area contributed by atoms with Crippen LogP contribution in [-0.4, -0.2) is 24.3 Å². The van der Waals surface area contributed by atoms with Gasteiger partial charge in [-0.05, 0) is 25.5 Å². The zero-order valence-corrected chi connectivity index (χ0v) is 10.3. The predicted molar refractivity (Wildman–Crippen MR) is 63.7 cm³/mol. The lowest BCUT2D eigenvalue weighted by atomic mass is 10.2. The van der Waals surface area contributed by atoms with Crippen LogP contribution >= 0.6 is 11.6 Å². The first kappa shape index (κ1) is 13.2. The number of halogens is 1. The lowest BCUT2D eigenvalue weighted by molar-refractivity contribution is 0.0634. The van der Waals surface area contributed by atoms with Crippen molar-refractivity contribution in [3.05, 3.63) is 22.8 Å². The zero-order valence-electron chi connectivity index (χ0n) is 9.57. The van der Waals surface area contributed by atoms with Crippen LogP contribution in [0.3, 0.4) is 0 Å². The van der Waals surface area contributed by atoms with E-state index in [0.717, 1.165) is 5.56 Å². The highest BCUT2D eigenvalue weighted by molar-refractivity contribution is 6.32. The first-order chi connectivity index (χ1) is 7.69. The van der Waals surface area contributed by atoms with Crippen molar-refractivity contribution in [1.29, 1.82) is 0 Å². The second-order valence-corrected chi connectivity index (χ2v) is 3.76. The van der Waals surface area contributed by atoms with Crippen LogP contribution in [0, 0.1) is 0 Å². The van der Waals surface area contributed by atoms with Crippen molar-refractivity contribution >= 4 is 11.6 Å². The van der Waals surface area contributed by atoms with Crippen molar-refractivity contribution in [3.63, 3.8) is 0 Å². The average molecular weight is 245 g/mol. The molecule has 0 spiro atoms. The van der Waals surface area contributed by atoms with E-state index in [9.17, 15) is 0 Å². The van der Waals surface area contributed by atoms with Crippen LogP contribution in [-0.2, 0) is 11.3 Å². The van der Waals surface area contributed by atoms with Gasteiger partial charge in [0.1, 0.15) is 11.1 Å². The maximum Gasteiger partial charge on any atom is 0.233 e. The van der Waals surface area contributed by atoms with Crippen molar-refractivity contribution < 1.29 is 9.47 Å². The molecule has 1 unspecified atom stereocenters. The number of nitrogens with two attached hydrogens (primary N) is 1. The monoisotopic (exact) mass is 244 g/mol. The Bertz CT molecular complexity index is 334. The standard InChI is InChI=1S/C11H17ClN2O2/c1-3-15-7-8(2)16-11-10(12)9(6-13)4-5-14-11/h4-5,8H,3,6-7,13H2,1-2H3. The molecule has 1 heterocycles. The van der Waals surface area contributed by atoms with Gasteiger partial charge in [0.2, 0.25) is 5.88 Å². The third-order valence-corrected chi connectivity index (χ3v) is 2.43. The zero-order chi connectivity index (χ0) is 12.0. The van der Waals surface area contributed by atoms with Crippen LogP contribution in [0.15, 0.2) is 12.3 Å². The Balaban J connectivity index is 2.66. The first-order valence-electron chi connectivity index (χ1n) is 5.26. The molecule has 1 aromatic rings. The van der Waals surface area contributed by atoms with E-state index in [4.69, 9.17) is 26.8 Å². The molecule has 16 heavy (non-hydrogen) atoms. The molecule has 0 amide bonds. The van der Waals surface area contributed by atoms with Crippen molar-refractivity contribution in [1.82, 2.24) is 4.98 Å². The summed E-state index contributed by atoms with van der Waals surface area (Å²) >= 11 is 6.08. The van der Waals surface area contributed by atoms with Gasteiger partial charge < -0.3 is 15.2 Å². The number of hydrogen-bond donors (Lipinski definition) is 1. The molecule has 0 aliphatic rings. The van der Waals surface area contributed by atoms with E-state index in [1.807, 2.05) is 13.8 Å². The quantitative estimate of drug-likeness (QED) is 0.832. The SMILES string of the molecule is CCOCC(C)Oc1nccc(CN)c1Cl. The molecule has 1 rings (SSSR count). The van der Waals surface area contributed by atoms with Crippen LogP contribution in [0.25, 0.3) is 0 Å². The van der Waals surface area contributed by atoms with E-state index in [1.54, 1.807) is 12.3 Å². The second-order valence-electron chi connectivity index (χ2n) is 3.38. The Hall–Kier alpha value is -0.840. The summed E-state index contributed by atoms with van der Waals surface area (Å²) < 4.78 is 10.8. The second kappa shape index (κ2) is 6.68. The molecular formula is C11H17ClN2O2. The van der Waals surface area contributed by atoms with E-state index in [1.165, 1.54) is 0 Å². The molecule has 2 N–H and O–H groups in total. The number of ether oxygens (including phenoxy) is 2. The predicted octanol–water partition coefficient (Wildman–Crippen LogP) is 2.00. The molecule has 5 heteroatoms. The van der Waals surface area contributed by atoms with Gasteiger partial charge in [-0.3, -0.25) is 0 Å². The highest BCUT2D eigenvalue weighted by atomic mass is 35.5. The van der Waals surface area contributed by atoms with Crippen LogP contribution in [0.1, 0.15) is 19.4 Å². The molecule has 0 radical (unpaired) electrons. The van der Waals surface area contributed by atoms with Crippen LogP contribution in [0.5, 0.6) is 5.88 Å². The Kier molecular flexibility index (Phi) is 5.52. The number of nitrogens with zero attached hydrogens (tertiary/aromatic N) is 1. The molecule has 0 saturated heterocycles. The molecule has 0 aliphatic carbocycles. The minimum atomic E-state index is -0.0852. The Morgan fingerprint density at radius 3 is 2.94 bits per heavy atom. The van der Waals surface area contributed by atoms with Crippen LogP contribution < -0.4 is 10.5 Å². The van der Waals surface area contributed by atoms with Gasteiger partial charge in [-0.1, -0.05) is 11.6 Å². The van der Waals surface area contributed by atoms with E-state index in [0.29, 0.717) is 30.7 Å². The lowest BCUT2D eigenvalue weighted by Crippen LogP contribution is -2.20. The number of aromatic nitrogens is 1. The summed E-state index contributed by atoms with van der Waals surface area (Å²) in [5.74, 6) is 0.414. The van der Waals surface area contributed by atoms with Crippen LogP contribution in [0.4, 0.5) is 0 Å². The van der Waals surface area contributed by atoms with Crippen molar-refractivity contribution in [2.24, 2.45) is 5.73 Å². The van der Waals surface area contributed by atoms with Gasteiger partial charge in [0.05, 0.1) is 6.61 Å². The maximum absolute atomic E-state index is 6.08. The molecule has 90 valence electrons. The molecule has 0 aliphatic heterocycles. The van der Waals surface area contributed by atoms with Gasteiger partial charge in [0.25, 0.3) is 0 Å². The molecule has 0 aromatic carbocycles. The third-order valence-electron chi connectivity index (χ3n) is 2.03. The van der Waals surface area contributed by atoms with Gasteiger partial charge in [0, 0.05) is 19.3 Å².